The summed E-state index contributed by atoms with van der Waals surface area (Å²) in [5, 5.41) is 0. The Hall–Kier alpha value is -2.41. The molecular formula is C21H21N. The monoisotopic (exact) mass is 287 g/mol. The summed E-state index contributed by atoms with van der Waals surface area (Å²) in [5.41, 5.74) is 6.07. The predicted molar refractivity (Wildman–Crippen MR) is 93.8 cm³/mol. The maximum absolute atomic E-state index is 4.70. The molecule has 0 radical (unpaired) electrons. The van der Waals surface area contributed by atoms with E-state index in [1.165, 1.54) is 22.3 Å². The third-order valence-corrected chi connectivity index (χ3v) is 3.83. The normalized spacial score (nSPS) is 11.4. The number of nitrogens with zero attached hydrogens (tertiary/aromatic N) is 1. The van der Waals surface area contributed by atoms with E-state index in [1.807, 2.05) is 12.3 Å². The van der Waals surface area contributed by atoms with Gasteiger partial charge in [-0.25, -0.2) is 0 Å². The van der Waals surface area contributed by atoms with Crippen molar-refractivity contribution in [2.45, 2.75) is 26.2 Å². The highest BCUT2D eigenvalue weighted by Crippen LogP contribution is 2.38. The van der Waals surface area contributed by atoms with Gasteiger partial charge in [-0.3, -0.25) is 4.98 Å². The van der Waals surface area contributed by atoms with Gasteiger partial charge in [0.1, 0.15) is 0 Å². The van der Waals surface area contributed by atoms with Crippen molar-refractivity contribution in [3.8, 4) is 22.4 Å². The Morgan fingerprint density at radius 1 is 0.682 bits per heavy atom. The minimum atomic E-state index is 0.0185. The van der Waals surface area contributed by atoms with Crippen molar-refractivity contribution in [3.63, 3.8) is 0 Å². The van der Waals surface area contributed by atoms with Crippen LogP contribution in [0.4, 0.5) is 0 Å². The molecule has 1 heteroatoms. The first-order valence-corrected chi connectivity index (χ1v) is 7.68. The van der Waals surface area contributed by atoms with E-state index in [2.05, 4.69) is 81.4 Å². The maximum Gasteiger partial charge on any atom is 0.0745 e. The molecule has 110 valence electrons. The summed E-state index contributed by atoms with van der Waals surface area (Å²) in [6.07, 6.45) is 1.92. The molecule has 0 spiro atoms. The van der Waals surface area contributed by atoms with Gasteiger partial charge in [-0.15, -0.1) is 0 Å². The molecule has 3 rings (SSSR count). The smallest absolute Gasteiger partial charge is 0.0745 e. The third kappa shape index (κ3) is 2.80. The highest BCUT2D eigenvalue weighted by atomic mass is 14.7. The summed E-state index contributed by atoms with van der Waals surface area (Å²) in [6.45, 7) is 6.76. The summed E-state index contributed by atoms with van der Waals surface area (Å²) in [4.78, 5) is 4.70. The standard InChI is InChI=1S/C21H21N/c1-21(2,3)19-18(16-10-6-4-7-11-16)14-15-22-20(19)17-12-8-5-9-13-17/h4-15H,1-3H3. The molecular weight excluding hydrogens is 266 g/mol. The van der Waals surface area contributed by atoms with Crippen molar-refractivity contribution in [2.75, 3.05) is 0 Å². The summed E-state index contributed by atoms with van der Waals surface area (Å²) in [5.74, 6) is 0. The van der Waals surface area contributed by atoms with Crippen LogP contribution in [0.1, 0.15) is 26.3 Å². The van der Waals surface area contributed by atoms with Crippen molar-refractivity contribution in [2.24, 2.45) is 0 Å². The minimum Gasteiger partial charge on any atom is -0.256 e. The van der Waals surface area contributed by atoms with Crippen LogP contribution in [0.2, 0.25) is 0 Å². The topological polar surface area (TPSA) is 12.9 Å². The van der Waals surface area contributed by atoms with Crippen molar-refractivity contribution >= 4 is 0 Å². The molecule has 0 amide bonds. The Labute approximate surface area is 132 Å². The highest BCUT2D eigenvalue weighted by molar-refractivity contribution is 5.77. The van der Waals surface area contributed by atoms with Crippen molar-refractivity contribution in [3.05, 3.63) is 78.5 Å². The van der Waals surface area contributed by atoms with Crippen molar-refractivity contribution < 1.29 is 0 Å². The zero-order valence-electron chi connectivity index (χ0n) is 13.4. The molecule has 2 aromatic carbocycles. The van der Waals surface area contributed by atoms with E-state index in [0.717, 1.165) is 5.69 Å². The first kappa shape index (κ1) is 14.5. The molecule has 0 unspecified atom stereocenters. The molecule has 1 nitrogen and oxygen atoms in total. The summed E-state index contributed by atoms with van der Waals surface area (Å²) in [6, 6.07) is 23.1. The molecule has 22 heavy (non-hydrogen) atoms. The van der Waals surface area contributed by atoms with E-state index in [-0.39, 0.29) is 5.41 Å². The van der Waals surface area contributed by atoms with Gasteiger partial charge in [0.15, 0.2) is 0 Å². The second kappa shape index (κ2) is 5.76. The lowest BCUT2D eigenvalue weighted by molar-refractivity contribution is 0.591. The summed E-state index contributed by atoms with van der Waals surface area (Å²) in [7, 11) is 0. The first-order valence-electron chi connectivity index (χ1n) is 7.68. The Bertz CT molecular complexity index is 695. The molecule has 1 heterocycles. The number of hydrogen-bond acceptors (Lipinski definition) is 1. The van der Waals surface area contributed by atoms with E-state index in [0.29, 0.717) is 0 Å². The molecule has 0 aliphatic carbocycles. The zero-order valence-corrected chi connectivity index (χ0v) is 13.4. The largest absolute Gasteiger partial charge is 0.256 e. The Balaban J connectivity index is 2.29. The van der Waals surface area contributed by atoms with Gasteiger partial charge in [-0.1, -0.05) is 81.4 Å². The number of hydrogen-bond donors (Lipinski definition) is 0. The van der Waals surface area contributed by atoms with Crippen LogP contribution < -0.4 is 0 Å². The Morgan fingerprint density at radius 2 is 1.23 bits per heavy atom. The van der Waals surface area contributed by atoms with E-state index in [9.17, 15) is 0 Å². The number of benzene rings is 2. The van der Waals surface area contributed by atoms with E-state index >= 15 is 0 Å². The van der Waals surface area contributed by atoms with Gasteiger partial charge in [0.2, 0.25) is 0 Å². The molecule has 0 saturated heterocycles. The van der Waals surface area contributed by atoms with Crippen LogP contribution in [-0.2, 0) is 5.41 Å². The zero-order chi connectivity index (χ0) is 15.6. The predicted octanol–water partition coefficient (Wildman–Crippen LogP) is 5.71. The number of aromatic nitrogens is 1. The maximum atomic E-state index is 4.70. The van der Waals surface area contributed by atoms with Gasteiger partial charge in [-0.2, -0.15) is 0 Å². The molecule has 1 aromatic heterocycles. The summed E-state index contributed by atoms with van der Waals surface area (Å²) >= 11 is 0. The molecule has 3 aromatic rings. The fourth-order valence-electron chi connectivity index (χ4n) is 2.89. The lowest BCUT2D eigenvalue weighted by Gasteiger charge is -2.26. The van der Waals surface area contributed by atoms with Crippen LogP contribution >= 0.6 is 0 Å². The molecule has 0 atom stereocenters. The van der Waals surface area contributed by atoms with Crippen molar-refractivity contribution in [1.29, 1.82) is 0 Å². The van der Waals surface area contributed by atoms with Gasteiger partial charge in [0, 0.05) is 11.8 Å². The average Bonchev–Trinajstić information content (AvgIpc) is 2.55. The SMILES string of the molecule is CC(C)(C)c1c(-c2ccccc2)ccnc1-c1ccccc1. The van der Waals surface area contributed by atoms with Crippen LogP contribution in [0.5, 0.6) is 0 Å². The van der Waals surface area contributed by atoms with E-state index in [4.69, 9.17) is 4.98 Å². The fourth-order valence-corrected chi connectivity index (χ4v) is 2.89. The molecule has 0 aliphatic heterocycles. The second-order valence-corrected chi connectivity index (χ2v) is 6.56. The molecule has 0 N–H and O–H groups in total. The van der Waals surface area contributed by atoms with E-state index in [1.54, 1.807) is 0 Å². The molecule has 0 aliphatic rings. The highest BCUT2D eigenvalue weighted by Gasteiger charge is 2.24. The number of rotatable bonds is 2. The molecule has 0 fully saturated rings. The molecule has 0 bridgehead atoms. The lowest BCUT2D eigenvalue weighted by Crippen LogP contribution is -2.15. The van der Waals surface area contributed by atoms with Crippen molar-refractivity contribution in [1.82, 2.24) is 4.98 Å². The van der Waals surface area contributed by atoms with Gasteiger partial charge >= 0.3 is 0 Å². The van der Waals surface area contributed by atoms with Gasteiger partial charge in [0.25, 0.3) is 0 Å². The van der Waals surface area contributed by atoms with Gasteiger partial charge < -0.3 is 0 Å². The number of pyridine rings is 1. The Morgan fingerprint density at radius 3 is 1.77 bits per heavy atom. The summed E-state index contributed by atoms with van der Waals surface area (Å²) < 4.78 is 0. The third-order valence-electron chi connectivity index (χ3n) is 3.83. The average molecular weight is 287 g/mol. The van der Waals surface area contributed by atoms with Crippen LogP contribution in [0.3, 0.4) is 0 Å². The minimum absolute atomic E-state index is 0.0185. The van der Waals surface area contributed by atoms with Gasteiger partial charge in [0.05, 0.1) is 5.69 Å². The quantitative estimate of drug-likeness (QED) is 0.588. The molecule has 0 saturated carbocycles. The lowest BCUT2D eigenvalue weighted by atomic mass is 9.79. The van der Waals surface area contributed by atoms with Crippen LogP contribution in [0.25, 0.3) is 22.4 Å². The fraction of sp³-hybridized carbons (Fsp3) is 0.190. The van der Waals surface area contributed by atoms with Crippen LogP contribution in [0.15, 0.2) is 72.9 Å². The van der Waals surface area contributed by atoms with Crippen LogP contribution in [0, 0.1) is 0 Å². The second-order valence-electron chi connectivity index (χ2n) is 6.56. The van der Waals surface area contributed by atoms with Crippen LogP contribution in [-0.4, -0.2) is 4.98 Å². The Kier molecular flexibility index (Phi) is 3.81. The first-order chi connectivity index (χ1) is 10.6. The van der Waals surface area contributed by atoms with E-state index < -0.39 is 0 Å². The van der Waals surface area contributed by atoms with Gasteiger partial charge in [-0.05, 0) is 28.2 Å².